The Hall–Kier alpha value is -1.40. The first-order valence-electron chi connectivity index (χ1n) is 6.80. The molecule has 2 aliphatic rings. The lowest BCUT2D eigenvalue weighted by molar-refractivity contribution is 0.138. The first kappa shape index (κ1) is 12.6. The van der Waals surface area contributed by atoms with Crippen molar-refractivity contribution >= 4 is 5.95 Å². The number of methoxy groups -OCH3 is 1. The van der Waals surface area contributed by atoms with Gasteiger partial charge in [0.2, 0.25) is 11.8 Å². The molecule has 1 aromatic heterocycles. The molecule has 0 aliphatic carbocycles. The second-order valence-corrected chi connectivity index (χ2v) is 4.94. The third kappa shape index (κ3) is 2.79. The molecular weight excluding hydrogens is 244 g/mol. The molecule has 0 N–H and O–H groups in total. The Kier molecular flexibility index (Phi) is 3.79. The van der Waals surface area contributed by atoms with Crippen molar-refractivity contribution in [1.29, 1.82) is 0 Å². The molecule has 1 unspecified atom stereocenters. The van der Waals surface area contributed by atoms with Gasteiger partial charge in [0.25, 0.3) is 0 Å². The second-order valence-electron chi connectivity index (χ2n) is 4.94. The van der Waals surface area contributed by atoms with Crippen molar-refractivity contribution in [2.75, 3.05) is 51.4 Å². The summed E-state index contributed by atoms with van der Waals surface area (Å²) in [5, 5.41) is 0. The summed E-state index contributed by atoms with van der Waals surface area (Å²) in [4.78, 5) is 13.4. The van der Waals surface area contributed by atoms with Gasteiger partial charge in [-0.2, -0.15) is 4.98 Å². The minimum Gasteiger partial charge on any atom is -0.481 e. The van der Waals surface area contributed by atoms with Crippen LogP contribution in [-0.4, -0.2) is 67.4 Å². The van der Waals surface area contributed by atoms with Crippen LogP contribution in [-0.2, 0) is 4.74 Å². The van der Waals surface area contributed by atoms with E-state index in [1.54, 1.807) is 19.4 Å². The van der Waals surface area contributed by atoms with Gasteiger partial charge in [-0.25, -0.2) is 4.98 Å². The van der Waals surface area contributed by atoms with Crippen LogP contribution in [0.5, 0.6) is 5.88 Å². The van der Waals surface area contributed by atoms with Crippen LogP contribution in [0.3, 0.4) is 0 Å². The normalized spacial score (nSPS) is 24.7. The Bertz CT molecular complexity index is 415. The van der Waals surface area contributed by atoms with E-state index in [-0.39, 0.29) is 0 Å². The standard InChI is InChI=1S/C13H20N4O2/c1-18-12-2-4-14-13(15-12)17-7-5-16(6-8-17)11-3-9-19-10-11/h2,4,11H,3,5-10H2,1H3. The quantitative estimate of drug-likeness (QED) is 0.787. The van der Waals surface area contributed by atoms with Gasteiger partial charge in [-0.1, -0.05) is 0 Å². The molecule has 19 heavy (non-hydrogen) atoms. The molecule has 1 atom stereocenters. The predicted molar refractivity (Wildman–Crippen MR) is 71.6 cm³/mol. The number of nitrogens with zero attached hydrogens (tertiary/aromatic N) is 4. The average Bonchev–Trinajstić information content (AvgIpc) is 3.02. The van der Waals surface area contributed by atoms with Crippen LogP contribution in [0, 0.1) is 0 Å². The smallest absolute Gasteiger partial charge is 0.228 e. The Morgan fingerprint density at radius 3 is 2.84 bits per heavy atom. The summed E-state index contributed by atoms with van der Waals surface area (Å²) in [5.74, 6) is 1.39. The van der Waals surface area contributed by atoms with E-state index in [2.05, 4.69) is 19.8 Å². The van der Waals surface area contributed by atoms with Crippen LogP contribution in [0.4, 0.5) is 5.95 Å². The van der Waals surface area contributed by atoms with Crippen LogP contribution in [0.2, 0.25) is 0 Å². The van der Waals surface area contributed by atoms with E-state index in [4.69, 9.17) is 9.47 Å². The molecule has 1 aromatic rings. The fraction of sp³-hybridized carbons (Fsp3) is 0.692. The Morgan fingerprint density at radius 2 is 2.16 bits per heavy atom. The van der Waals surface area contributed by atoms with E-state index in [1.807, 2.05) is 0 Å². The van der Waals surface area contributed by atoms with Crippen molar-refractivity contribution in [3.8, 4) is 5.88 Å². The van der Waals surface area contributed by atoms with Crippen LogP contribution >= 0.6 is 0 Å². The fourth-order valence-corrected chi connectivity index (χ4v) is 2.70. The van der Waals surface area contributed by atoms with Crippen molar-refractivity contribution in [3.63, 3.8) is 0 Å². The van der Waals surface area contributed by atoms with Crippen molar-refractivity contribution in [3.05, 3.63) is 12.3 Å². The maximum Gasteiger partial charge on any atom is 0.228 e. The highest BCUT2D eigenvalue weighted by Crippen LogP contribution is 2.18. The van der Waals surface area contributed by atoms with Gasteiger partial charge in [-0.3, -0.25) is 4.90 Å². The largest absolute Gasteiger partial charge is 0.481 e. The van der Waals surface area contributed by atoms with E-state index >= 15 is 0 Å². The maximum absolute atomic E-state index is 5.46. The zero-order valence-electron chi connectivity index (χ0n) is 11.3. The van der Waals surface area contributed by atoms with Crippen molar-refractivity contribution in [1.82, 2.24) is 14.9 Å². The summed E-state index contributed by atoms with van der Waals surface area (Å²) in [6, 6.07) is 2.38. The molecule has 0 radical (unpaired) electrons. The van der Waals surface area contributed by atoms with Gasteiger partial charge in [-0.15, -0.1) is 0 Å². The second kappa shape index (κ2) is 5.71. The van der Waals surface area contributed by atoms with Gasteiger partial charge >= 0.3 is 0 Å². The zero-order chi connectivity index (χ0) is 13.1. The van der Waals surface area contributed by atoms with Gasteiger partial charge in [0.15, 0.2) is 0 Å². The first-order valence-corrected chi connectivity index (χ1v) is 6.80. The molecule has 6 heteroatoms. The van der Waals surface area contributed by atoms with Crippen LogP contribution < -0.4 is 9.64 Å². The summed E-state index contributed by atoms with van der Waals surface area (Å²) >= 11 is 0. The zero-order valence-corrected chi connectivity index (χ0v) is 11.3. The summed E-state index contributed by atoms with van der Waals surface area (Å²) < 4.78 is 10.6. The van der Waals surface area contributed by atoms with Gasteiger partial charge in [0, 0.05) is 51.1 Å². The van der Waals surface area contributed by atoms with E-state index < -0.39 is 0 Å². The Labute approximate surface area is 113 Å². The third-order valence-electron chi connectivity index (χ3n) is 3.85. The molecule has 0 amide bonds. The Balaban J connectivity index is 1.59. The number of hydrogen-bond donors (Lipinski definition) is 0. The van der Waals surface area contributed by atoms with Crippen LogP contribution in [0.15, 0.2) is 12.3 Å². The Morgan fingerprint density at radius 1 is 1.32 bits per heavy atom. The van der Waals surface area contributed by atoms with E-state index in [0.29, 0.717) is 11.9 Å². The molecule has 104 valence electrons. The van der Waals surface area contributed by atoms with Gasteiger partial charge < -0.3 is 14.4 Å². The first-order chi connectivity index (χ1) is 9.36. The predicted octanol–water partition coefficient (Wildman–Crippen LogP) is 0.396. The number of aromatic nitrogens is 2. The number of ether oxygens (including phenoxy) is 2. The molecule has 0 bridgehead atoms. The molecule has 6 nitrogen and oxygen atoms in total. The van der Waals surface area contributed by atoms with Gasteiger partial charge in [-0.05, 0) is 6.42 Å². The summed E-state index contributed by atoms with van der Waals surface area (Å²) in [7, 11) is 1.63. The minimum atomic E-state index is 0.605. The van der Waals surface area contributed by atoms with Gasteiger partial charge in [0.05, 0.1) is 13.7 Å². The molecule has 2 fully saturated rings. The third-order valence-corrected chi connectivity index (χ3v) is 3.85. The molecule has 0 spiro atoms. The highest BCUT2D eigenvalue weighted by atomic mass is 16.5. The van der Waals surface area contributed by atoms with Crippen molar-refractivity contribution in [2.45, 2.75) is 12.5 Å². The molecule has 0 saturated carbocycles. The lowest BCUT2D eigenvalue weighted by Gasteiger charge is -2.37. The topological polar surface area (TPSA) is 50.7 Å². The minimum absolute atomic E-state index is 0.605. The van der Waals surface area contributed by atoms with Crippen LogP contribution in [0.25, 0.3) is 0 Å². The maximum atomic E-state index is 5.46. The van der Waals surface area contributed by atoms with E-state index in [9.17, 15) is 0 Å². The summed E-state index contributed by atoms with van der Waals surface area (Å²) in [6.45, 7) is 5.82. The molecule has 3 heterocycles. The molecule has 2 aliphatic heterocycles. The van der Waals surface area contributed by atoms with Crippen molar-refractivity contribution < 1.29 is 9.47 Å². The highest BCUT2D eigenvalue weighted by Gasteiger charge is 2.27. The molecular formula is C13H20N4O2. The van der Waals surface area contributed by atoms with Gasteiger partial charge in [0.1, 0.15) is 0 Å². The molecule has 2 saturated heterocycles. The lowest BCUT2D eigenvalue weighted by Crippen LogP contribution is -2.51. The lowest BCUT2D eigenvalue weighted by atomic mass is 10.2. The molecule has 0 aromatic carbocycles. The monoisotopic (exact) mass is 264 g/mol. The number of hydrogen-bond acceptors (Lipinski definition) is 6. The number of rotatable bonds is 3. The van der Waals surface area contributed by atoms with Crippen molar-refractivity contribution in [2.24, 2.45) is 0 Å². The fourth-order valence-electron chi connectivity index (χ4n) is 2.70. The summed E-state index contributed by atoms with van der Waals surface area (Å²) in [5.41, 5.74) is 0. The highest BCUT2D eigenvalue weighted by molar-refractivity contribution is 5.32. The molecule has 3 rings (SSSR count). The van der Waals surface area contributed by atoms with E-state index in [0.717, 1.165) is 51.8 Å². The SMILES string of the molecule is COc1ccnc(N2CCN(C3CCOC3)CC2)n1. The number of piperazine rings is 1. The number of anilines is 1. The van der Waals surface area contributed by atoms with Crippen LogP contribution in [0.1, 0.15) is 6.42 Å². The average molecular weight is 264 g/mol. The summed E-state index contributed by atoms with van der Waals surface area (Å²) in [6.07, 6.45) is 2.91. The van der Waals surface area contributed by atoms with E-state index in [1.165, 1.54) is 0 Å².